The zero-order valence-corrected chi connectivity index (χ0v) is 11.0. The van der Waals surface area contributed by atoms with Crippen LogP contribution in [0.4, 0.5) is 5.82 Å². The summed E-state index contributed by atoms with van der Waals surface area (Å²) in [5, 5.41) is 3.87. The summed E-state index contributed by atoms with van der Waals surface area (Å²) >= 11 is 5.94. The van der Waals surface area contributed by atoms with E-state index in [2.05, 4.69) is 15.3 Å². The van der Waals surface area contributed by atoms with Crippen molar-refractivity contribution in [2.45, 2.75) is 19.9 Å². The minimum absolute atomic E-state index is 0.0254. The Hall–Kier alpha value is -1.81. The van der Waals surface area contributed by atoms with Crippen molar-refractivity contribution < 1.29 is 0 Å². The van der Waals surface area contributed by atoms with Crippen LogP contribution in [0.2, 0.25) is 5.02 Å². The van der Waals surface area contributed by atoms with Gasteiger partial charge in [-0.15, -0.1) is 0 Å². The van der Waals surface area contributed by atoms with Gasteiger partial charge in [0, 0.05) is 17.1 Å². The molecule has 94 valence electrons. The van der Waals surface area contributed by atoms with Gasteiger partial charge in [-0.1, -0.05) is 23.7 Å². The van der Waals surface area contributed by atoms with Crippen LogP contribution in [0.3, 0.4) is 0 Å². The second kappa shape index (κ2) is 5.23. The molecular weight excluding hydrogens is 250 g/mol. The molecule has 1 atom stereocenters. The standard InChI is InChI=1S/C13H14ClN3O/c1-8(10-4-3-5-11(14)6-10)15-12-7-13(18)17-9(2)16-12/h3-8H,1-2H3,(H2,15,16,17,18). The average Bonchev–Trinajstić information content (AvgIpc) is 2.27. The summed E-state index contributed by atoms with van der Waals surface area (Å²) in [6.07, 6.45) is 0. The number of H-pyrrole nitrogens is 1. The molecule has 0 aliphatic carbocycles. The van der Waals surface area contributed by atoms with E-state index < -0.39 is 0 Å². The molecular formula is C13H14ClN3O. The normalized spacial score (nSPS) is 12.2. The molecule has 2 rings (SSSR count). The first-order valence-electron chi connectivity index (χ1n) is 5.64. The maximum absolute atomic E-state index is 11.3. The molecule has 0 spiro atoms. The Morgan fingerprint density at radius 1 is 1.39 bits per heavy atom. The number of hydrogen-bond acceptors (Lipinski definition) is 3. The van der Waals surface area contributed by atoms with E-state index in [-0.39, 0.29) is 11.6 Å². The lowest BCUT2D eigenvalue weighted by atomic mass is 10.1. The molecule has 0 saturated heterocycles. The fourth-order valence-corrected chi connectivity index (χ4v) is 1.93. The molecule has 0 bridgehead atoms. The van der Waals surface area contributed by atoms with Gasteiger partial charge in [-0.05, 0) is 31.5 Å². The number of rotatable bonds is 3. The van der Waals surface area contributed by atoms with Crippen LogP contribution in [0.15, 0.2) is 35.1 Å². The highest BCUT2D eigenvalue weighted by Gasteiger charge is 2.07. The van der Waals surface area contributed by atoms with E-state index in [0.29, 0.717) is 16.7 Å². The third-order valence-corrected chi connectivity index (χ3v) is 2.81. The minimum Gasteiger partial charge on any atom is -0.363 e. The molecule has 1 unspecified atom stereocenters. The number of benzene rings is 1. The maximum atomic E-state index is 11.3. The molecule has 5 heteroatoms. The molecule has 1 aromatic heterocycles. The summed E-state index contributed by atoms with van der Waals surface area (Å²) in [6.45, 7) is 3.74. The van der Waals surface area contributed by atoms with Gasteiger partial charge in [0.05, 0.1) is 0 Å². The Balaban J connectivity index is 2.21. The lowest BCUT2D eigenvalue weighted by molar-refractivity contribution is 0.864. The van der Waals surface area contributed by atoms with Gasteiger partial charge in [0.2, 0.25) is 0 Å². The number of nitrogens with one attached hydrogen (secondary N) is 2. The third-order valence-electron chi connectivity index (χ3n) is 2.57. The Labute approximate surface area is 110 Å². The Bertz CT molecular complexity index is 609. The quantitative estimate of drug-likeness (QED) is 0.895. The van der Waals surface area contributed by atoms with Crippen molar-refractivity contribution in [1.29, 1.82) is 0 Å². The zero-order valence-electron chi connectivity index (χ0n) is 10.2. The lowest BCUT2D eigenvalue weighted by Gasteiger charge is -2.15. The first-order chi connectivity index (χ1) is 8.54. The molecule has 1 aromatic carbocycles. The maximum Gasteiger partial charge on any atom is 0.252 e. The number of hydrogen-bond donors (Lipinski definition) is 2. The average molecular weight is 264 g/mol. The van der Waals surface area contributed by atoms with Gasteiger partial charge in [0.25, 0.3) is 5.56 Å². The van der Waals surface area contributed by atoms with Crippen LogP contribution in [-0.2, 0) is 0 Å². The lowest BCUT2D eigenvalue weighted by Crippen LogP contribution is -2.14. The summed E-state index contributed by atoms with van der Waals surface area (Å²) in [5.41, 5.74) is 0.880. The van der Waals surface area contributed by atoms with Crippen LogP contribution in [0.5, 0.6) is 0 Å². The number of aromatic nitrogens is 2. The van der Waals surface area contributed by atoms with Gasteiger partial charge in [-0.2, -0.15) is 0 Å². The van der Waals surface area contributed by atoms with Gasteiger partial charge in [-0.3, -0.25) is 4.79 Å². The van der Waals surface area contributed by atoms with Gasteiger partial charge in [-0.25, -0.2) is 4.98 Å². The SMILES string of the molecule is Cc1nc(NC(C)c2cccc(Cl)c2)cc(=O)[nH]1. The van der Waals surface area contributed by atoms with Gasteiger partial charge < -0.3 is 10.3 Å². The van der Waals surface area contributed by atoms with E-state index in [0.717, 1.165) is 5.56 Å². The molecule has 2 N–H and O–H groups in total. The molecule has 0 radical (unpaired) electrons. The number of aromatic amines is 1. The van der Waals surface area contributed by atoms with Crippen LogP contribution < -0.4 is 10.9 Å². The Morgan fingerprint density at radius 3 is 2.83 bits per heavy atom. The van der Waals surface area contributed by atoms with Crippen molar-refractivity contribution in [2.24, 2.45) is 0 Å². The summed E-state index contributed by atoms with van der Waals surface area (Å²) < 4.78 is 0. The molecule has 0 aliphatic heterocycles. The smallest absolute Gasteiger partial charge is 0.252 e. The first kappa shape index (κ1) is 12.6. The highest BCUT2D eigenvalue weighted by atomic mass is 35.5. The molecule has 1 heterocycles. The zero-order chi connectivity index (χ0) is 13.1. The minimum atomic E-state index is -0.164. The van der Waals surface area contributed by atoms with Crippen molar-refractivity contribution in [1.82, 2.24) is 9.97 Å². The van der Waals surface area contributed by atoms with Crippen LogP contribution >= 0.6 is 11.6 Å². The van der Waals surface area contributed by atoms with E-state index in [1.807, 2.05) is 31.2 Å². The van der Waals surface area contributed by atoms with Crippen LogP contribution in [0.1, 0.15) is 24.4 Å². The third kappa shape index (κ3) is 3.11. The molecule has 18 heavy (non-hydrogen) atoms. The predicted molar refractivity (Wildman–Crippen MR) is 73.1 cm³/mol. The number of nitrogens with zero attached hydrogens (tertiary/aromatic N) is 1. The van der Waals surface area contributed by atoms with E-state index in [1.54, 1.807) is 6.92 Å². The number of aryl methyl sites for hydroxylation is 1. The summed E-state index contributed by atoms with van der Waals surface area (Å²) in [7, 11) is 0. The fourth-order valence-electron chi connectivity index (χ4n) is 1.73. The van der Waals surface area contributed by atoms with E-state index in [1.165, 1.54) is 6.07 Å². The predicted octanol–water partition coefficient (Wildman–Crippen LogP) is 2.90. The van der Waals surface area contributed by atoms with Crippen molar-refractivity contribution in [3.63, 3.8) is 0 Å². The summed E-state index contributed by atoms with van der Waals surface area (Å²) in [6, 6.07) is 9.05. The van der Waals surface area contributed by atoms with Crippen molar-refractivity contribution in [3.05, 3.63) is 57.1 Å². The first-order valence-corrected chi connectivity index (χ1v) is 6.02. The second-order valence-corrected chi connectivity index (χ2v) is 4.57. The number of anilines is 1. The molecule has 4 nitrogen and oxygen atoms in total. The molecule has 0 amide bonds. The number of halogens is 1. The molecule has 0 aliphatic rings. The second-order valence-electron chi connectivity index (χ2n) is 4.14. The van der Waals surface area contributed by atoms with Gasteiger partial charge >= 0.3 is 0 Å². The van der Waals surface area contributed by atoms with Crippen molar-refractivity contribution in [2.75, 3.05) is 5.32 Å². The monoisotopic (exact) mass is 263 g/mol. The van der Waals surface area contributed by atoms with Crippen LogP contribution in [-0.4, -0.2) is 9.97 Å². The van der Waals surface area contributed by atoms with E-state index >= 15 is 0 Å². The van der Waals surface area contributed by atoms with Crippen LogP contribution in [0.25, 0.3) is 0 Å². The largest absolute Gasteiger partial charge is 0.363 e. The van der Waals surface area contributed by atoms with Crippen molar-refractivity contribution >= 4 is 17.4 Å². The van der Waals surface area contributed by atoms with E-state index in [4.69, 9.17) is 11.6 Å². The highest BCUT2D eigenvalue weighted by molar-refractivity contribution is 6.30. The fraction of sp³-hybridized carbons (Fsp3) is 0.231. The Morgan fingerprint density at radius 2 is 2.17 bits per heavy atom. The summed E-state index contributed by atoms with van der Waals surface area (Å²) in [4.78, 5) is 18.2. The van der Waals surface area contributed by atoms with Gasteiger partial charge in [0.15, 0.2) is 0 Å². The topological polar surface area (TPSA) is 57.8 Å². The Kier molecular flexibility index (Phi) is 3.67. The highest BCUT2D eigenvalue weighted by Crippen LogP contribution is 2.20. The van der Waals surface area contributed by atoms with Gasteiger partial charge in [0.1, 0.15) is 11.6 Å². The van der Waals surface area contributed by atoms with Crippen molar-refractivity contribution in [3.8, 4) is 0 Å². The van der Waals surface area contributed by atoms with Crippen LogP contribution in [0, 0.1) is 6.92 Å². The molecule has 2 aromatic rings. The molecule has 0 saturated carbocycles. The molecule has 0 fully saturated rings. The van der Waals surface area contributed by atoms with E-state index in [9.17, 15) is 4.79 Å². The summed E-state index contributed by atoms with van der Waals surface area (Å²) in [5.74, 6) is 1.15.